The molecule has 1 aliphatic carbocycles. The molecule has 1 saturated carbocycles. The Bertz CT molecular complexity index is 425. The Morgan fingerprint density at radius 3 is 2.50 bits per heavy atom. The van der Waals surface area contributed by atoms with E-state index < -0.39 is 11.7 Å². The van der Waals surface area contributed by atoms with Gasteiger partial charge in [-0.1, -0.05) is 11.6 Å². The van der Waals surface area contributed by atoms with Gasteiger partial charge in [-0.3, -0.25) is 0 Å². The lowest BCUT2D eigenvalue weighted by Gasteiger charge is -2.11. The Balaban J connectivity index is 0.00000162. The first-order valence-corrected chi connectivity index (χ1v) is 5.51. The molecule has 2 rings (SSSR count). The van der Waals surface area contributed by atoms with Crippen LogP contribution in [0.4, 0.5) is 13.2 Å². The molecule has 0 radical (unpaired) electrons. The molecule has 2 nitrogen and oxygen atoms in total. The molecule has 0 amide bonds. The molecule has 0 aliphatic heterocycles. The van der Waals surface area contributed by atoms with Gasteiger partial charge in [-0.05, 0) is 24.6 Å². The van der Waals surface area contributed by atoms with Gasteiger partial charge in [0, 0.05) is 12.0 Å². The molecule has 2 unspecified atom stereocenters. The van der Waals surface area contributed by atoms with Crippen molar-refractivity contribution in [3.05, 3.63) is 28.8 Å². The van der Waals surface area contributed by atoms with Crippen LogP contribution in [0.2, 0.25) is 5.02 Å². The van der Waals surface area contributed by atoms with Gasteiger partial charge in [0.2, 0.25) is 0 Å². The molecule has 2 atom stereocenters. The van der Waals surface area contributed by atoms with Gasteiger partial charge in [0.25, 0.3) is 0 Å². The first-order valence-electron chi connectivity index (χ1n) is 5.13. The molecule has 0 bridgehead atoms. The molecule has 2 N–H and O–H groups in total. The van der Waals surface area contributed by atoms with E-state index in [1.54, 1.807) is 0 Å². The number of hydrogen-bond acceptors (Lipinski definition) is 2. The number of ether oxygens (including phenoxy) is 1. The molecule has 1 fully saturated rings. The van der Waals surface area contributed by atoms with Gasteiger partial charge in [-0.2, -0.15) is 13.2 Å². The Hall–Kier alpha value is -0.650. The van der Waals surface area contributed by atoms with Gasteiger partial charge in [-0.25, -0.2) is 0 Å². The van der Waals surface area contributed by atoms with E-state index in [-0.39, 0.29) is 35.1 Å². The molecular formula is C11H12Cl2F3NO. The standard InChI is InChI=1S/C11H11ClF3NO.ClH/c12-8-2-1-7(11(13,14)15)4-10(8)17-5-6-3-9(6)16;/h1-2,4,6,9H,3,5,16H2;1H. The predicted octanol–water partition coefficient (Wildman–Crippen LogP) is 3.51. The quantitative estimate of drug-likeness (QED) is 0.927. The van der Waals surface area contributed by atoms with E-state index in [0.717, 1.165) is 18.6 Å². The Labute approximate surface area is 114 Å². The summed E-state index contributed by atoms with van der Waals surface area (Å²) < 4.78 is 42.6. The fraction of sp³-hybridized carbons (Fsp3) is 0.455. The molecule has 1 aliphatic rings. The van der Waals surface area contributed by atoms with E-state index in [0.29, 0.717) is 6.61 Å². The highest BCUT2D eigenvalue weighted by Gasteiger charge is 2.35. The number of hydrogen-bond donors (Lipinski definition) is 1. The highest BCUT2D eigenvalue weighted by molar-refractivity contribution is 6.32. The van der Waals surface area contributed by atoms with Crippen LogP contribution in [-0.2, 0) is 6.18 Å². The largest absolute Gasteiger partial charge is 0.492 e. The van der Waals surface area contributed by atoms with Gasteiger partial charge in [0.05, 0.1) is 17.2 Å². The minimum absolute atomic E-state index is 0. The van der Waals surface area contributed by atoms with Gasteiger partial charge in [0.15, 0.2) is 0 Å². The van der Waals surface area contributed by atoms with Crippen LogP contribution in [0, 0.1) is 5.92 Å². The molecule has 0 spiro atoms. The molecular weight excluding hydrogens is 290 g/mol. The summed E-state index contributed by atoms with van der Waals surface area (Å²) in [6.45, 7) is 0.308. The summed E-state index contributed by atoms with van der Waals surface area (Å²) in [5.41, 5.74) is 4.81. The molecule has 1 aromatic rings. The highest BCUT2D eigenvalue weighted by Crippen LogP contribution is 2.36. The second kappa shape index (κ2) is 5.55. The fourth-order valence-electron chi connectivity index (χ4n) is 1.45. The van der Waals surface area contributed by atoms with Crippen molar-refractivity contribution in [3.8, 4) is 5.75 Å². The van der Waals surface area contributed by atoms with Crippen LogP contribution in [0.3, 0.4) is 0 Å². The van der Waals surface area contributed by atoms with Crippen molar-refractivity contribution in [2.75, 3.05) is 6.61 Å². The van der Waals surface area contributed by atoms with Crippen molar-refractivity contribution in [3.63, 3.8) is 0 Å². The van der Waals surface area contributed by atoms with Crippen LogP contribution >= 0.6 is 24.0 Å². The topological polar surface area (TPSA) is 35.2 Å². The van der Waals surface area contributed by atoms with Crippen molar-refractivity contribution in [2.24, 2.45) is 11.7 Å². The third-order valence-electron chi connectivity index (χ3n) is 2.69. The number of rotatable bonds is 3. The van der Waals surface area contributed by atoms with Crippen molar-refractivity contribution in [1.29, 1.82) is 0 Å². The Morgan fingerprint density at radius 1 is 1.39 bits per heavy atom. The molecule has 0 heterocycles. The normalized spacial score (nSPS) is 22.3. The summed E-state index contributed by atoms with van der Waals surface area (Å²) in [6.07, 6.45) is -3.55. The van der Waals surface area contributed by atoms with E-state index in [4.69, 9.17) is 22.1 Å². The van der Waals surface area contributed by atoms with Crippen molar-refractivity contribution in [2.45, 2.75) is 18.6 Å². The molecule has 0 saturated heterocycles. The van der Waals surface area contributed by atoms with Gasteiger partial charge >= 0.3 is 6.18 Å². The van der Waals surface area contributed by atoms with Crippen molar-refractivity contribution < 1.29 is 17.9 Å². The highest BCUT2D eigenvalue weighted by atomic mass is 35.5. The zero-order valence-corrected chi connectivity index (χ0v) is 10.8. The van der Waals surface area contributed by atoms with Crippen LogP contribution in [0.5, 0.6) is 5.75 Å². The summed E-state index contributed by atoms with van der Waals surface area (Å²) in [6, 6.07) is 3.13. The fourth-order valence-corrected chi connectivity index (χ4v) is 1.62. The predicted molar refractivity (Wildman–Crippen MR) is 65.3 cm³/mol. The number of nitrogens with two attached hydrogens (primary N) is 1. The summed E-state index contributed by atoms with van der Waals surface area (Å²) in [5, 5.41) is 0.173. The van der Waals surface area contributed by atoms with E-state index in [1.165, 1.54) is 6.07 Å². The van der Waals surface area contributed by atoms with Crippen LogP contribution in [0.25, 0.3) is 0 Å². The molecule has 0 aromatic heterocycles. The Kier molecular flexibility index (Phi) is 4.75. The zero-order valence-electron chi connectivity index (χ0n) is 9.21. The third-order valence-corrected chi connectivity index (χ3v) is 3.00. The van der Waals surface area contributed by atoms with Crippen molar-refractivity contribution >= 4 is 24.0 Å². The maximum Gasteiger partial charge on any atom is 0.416 e. The van der Waals surface area contributed by atoms with E-state index in [9.17, 15) is 13.2 Å². The van der Waals surface area contributed by atoms with Crippen LogP contribution in [-0.4, -0.2) is 12.6 Å². The average molecular weight is 302 g/mol. The maximum atomic E-state index is 12.5. The third kappa shape index (κ3) is 3.67. The maximum absolute atomic E-state index is 12.5. The minimum Gasteiger partial charge on any atom is -0.492 e. The van der Waals surface area contributed by atoms with Crippen LogP contribution < -0.4 is 10.5 Å². The minimum atomic E-state index is -4.39. The lowest BCUT2D eigenvalue weighted by atomic mass is 10.2. The number of alkyl halides is 3. The smallest absolute Gasteiger partial charge is 0.416 e. The SMILES string of the molecule is Cl.NC1CC1COc1cc(C(F)(F)F)ccc1Cl. The average Bonchev–Trinajstić information content (AvgIpc) is 2.92. The lowest BCUT2D eigenvalue weighted by Crippen LogP contribution is -2.10. The summed E-state index contributed by atoms with van der Waals surface area (Å²) in [5.74, 6) is 0.279. The number of halogens is 5. The van der Waals surface area contributed by atoms with E-state index in [1.807, 2.05) is 0 Å². The van der Waals surface area contributed by atoms with Crippen molar-refractivity contribution in [1.82, 2.24) is 0 Å². The molecule has 7 heteroatoms. The second-order valence-electron chi connectivity index (χ2n) is 4.11. The van der Waals surface area contributed by atoms with Gasteiger partial charge in [-0.15, -0.1) is 12.4 Å². The summed E-state index contributed by atoms with van der Waals surface area (Å²) in [7, 11) is 0. The first kappa shape index (κ1) is 15.4. The van der Waals surface area contributed by atoms with E-state index in [2.05, 4.69) is 0 Å². The molecule has 102 valence electrons. The monoisotopic (exact) mass is 301 g/mol. The Morgan fingerprint density at radius 2 is 2.00 bits per heavy atom. The molecule has 18 heavy (non-hydrogen) atoms. The second-order valence-corrected chi connectivity index (χ2v) is 4.52. The van der Waals surface area contributed by atoms with Crippen LogP contribution in [0.15, 0.2) is 18.2 Å². The zero-order chi connectivity index (χ0) is 12.6. The summed E-state index contributed by atoms with van der Waals surface area (Å²) in [4.78, 5) is 0. The van der Waals surface area contributed by atoms with E-state index >= 15 is 0 Å². The summed E-state index contributed by atoms with van der Waals surface area (Å²) >= 11 is 5.76. The van der Waals surface area contributed by atoms with Crippen LogP contribution in [0.1, 0.15) is 12.0 Å². The van der Waals surface area contributed by atoms with Gasteiger partial charge in [0.1, 0.15) is 5.75 Å². The molecule has 1 aromatic carbocycles. The first-order chi connectivity index (χ1) is 7.88. The lowest BCUT2D eigenvalue weighted by molar-refractivity contribution is -0.137. The van der Waals surface area contributed by atoms with Gasteiger partial charge < -0.3 is 10.5 Å². The number of benzene rings is 1.